The monoisotopic (exact) mass is 472 g/mol. The van der Waals surface area contributed by atoms with Gasteiger partial charge in [-0.15, -0.1) is 0 Å². The summed E-state index contributed by atoms with van der Waals surface area (Å²) >= 11 is 0. The van der Waals surface area contributed by atoms with Crippen LogP contribution in [0.15, 0.2) is 0 Å². The Kier molecular flexibility index (Phi) is 26.6. The fourth-order valence-corrected chi connectivity index (χ4v) is 4.90. The van der Waals surface area contributed by atoms with Crippen LogP contribution in [-0.2, 0) is 10.1 Å². The molecule has 30 heavy (non-hydrogen) atoms. The van der Waals surface area contributed by atoms with E-state index in [0.717, 1.165) is 51.4 Å². The Labute approximate surface area is 230 Å². The van der Waals surface area contributed by atoms with Crippen LogP contribution < -0.4 is 51.4 Å². The molecule has 0 saturated carbocycles. The van der Waals surface area contributed by atoms with Crippen molar-refractivity contribution in [2.24, 2.45) is 0 Å². The van der Waals surface area contributed by atoms with Gasteiger partial charge in [-0.3, -0.25) is 0 Å². The van der Waals surface area contributed by atoms with Gasteiger partial charge in [0.2, 0.25) is 0 Å². The summed E-state index contributed by atoms with van der Waals surface area (Å²) in [6.07, 6.45) is 21.7. The second-order valence-corrected chi connectivity index (χ2v) is 10.6. The van der Waals surface area contributed by atoms with E-state index in [1.807, 2.05) is 6.92 Å². The summed E-state index contributed by atoms with van der Waals surface area (Å²) in [6.45, 7) is 4.04. The zero-order valence-electron chi connectivity index (χ0n) is 20.4. The number of aliphatic hydroxyl groups is 1. The van der Waals surface area contributed by atoms with Crippen LogP contribution in [0.3, 0.4) is 0 Å². The second kappa shape index (κ2) is 23.7. The molecule has 0 saturated heterocycles. The first-order valence-electron chi connectivity index (χ1n) is 12.5. The van der Waals surface area contributed by atoms with Crippen LogP contribution in [-0.4, -0.2) is 29.4 Å². The van der Waals surface area contributed by atoms with Crippen molar-refractivity contribution in [1.82, 2.24) is 0 Å². The Balaban J connectivity index is 0. The van der Waals surface area contributed by atoms with Gasteiger partial charge in [-0.25, -0.2) is 8.42 Å². The van der Waals surface area contributed by atoms with Gasteiger partial charge in [0, 0.05) is 5.25 Å². The minimum atomic E-state index is -4.15. The molecule has 2 unspecified atom stereocenters. The van der Waals surface area contributed by atoms with Gasteiger partial charge in [-0.2, -0.15) is 0 Å². The first-order chi connectivity index (χ1) is 13.9. The quantitative estimate of drug-likeness (QED) is 0.146. The molecule has 0 aromatic heterocycles. The van der Waals surface area contributed by atoms with Gasteiger partial charge in [-0.05, 0) is 26.2 Å². The van der Waals surface area contributed by atoms with E-state index in [0.29, 0.717) is 12.8 Å². The van der Waals surface area contributed by atoms with Gasteiger partial charge in [0.25, 0.3) is 0 Å². The molecule has 0 aromatic rings. The van der Waals surface area contributed by atoms with Crippen molar-refractivity contribution < 1.29 is 69.5 Å². The minimum absolute atomic E-state index is 0. The first kappa shape index (κ1) is 33.7. The zero-order chi connectivity index (χ0) is 21.8. The van der Waals surface area contributed by atoms with Gasteiger partial charge in [-0.1, -0.05) is 116 Å². The fourth-order valence-electron chi connectivity index (χ4n) is 3.99. The summed E-state index contributed by atoms with van der Waals surface area (Å²) in [4.78, 5) is 0. The Hall–Kier alpha value is 1.51. The van der Waals surface area contributed by atoms with Crippen LogP contribution in [0.5, 0.6) is 0 Å². The van der Waals surface area contributed by atoms with E-state index in [9.17, 15) is 18.1 Å². The zero-order valence-corrected chi connectivity index (χ0v) is 24.3. The van der Waals surface area contributed by atoms with Crippen LogP contribution in [0.4, 0.5) is 0 Å². The van der Waals surface area contributed by atoms with E-state index in [2.05, 4.69) is 6.92 Å². The molecule has 0 aromatic carbocycles. The molecule has 0 amide bonds. The number of hydrogen-bond acceptors (Lipinski definition) is 4. The van der Waals surface area contributed by atoms with Crippen LogP contribution in [0, 0.1) is 0 Å². The molecule has 0 bridgehead atoms. The molecule has 0 aliphatic rings. The summed E-state index contributed by atoms with van der Waals surface area (Å²) in [5.41, 5.74) is 0. The van der Waals surface area contributed by atoms with E-state index in [-0.39, 0.29) is 57.5 Å². The van der Waals surface area contributed by atoms with E-state index >= 15 is 0 Å². The standard InChI is InChI=1S/C24H50O4S.K/c1-3-4-5-6-15-18-21-24(29(26,27)28)22-19-16-13-11-9-7-8-10-12-14-17-20-23(2)25;/h23-25H,3-22H2,1-2H3,(H,26,27,28);/q;+1/p-1. The Morgan fingerprint density at radius 2 is 0.933 bits per heavy atom. The Morgan fingerprint density at radius 1 is 0.633 bits per heavy atom. The van der Waals surface area contributed by atoms with Crippen molar-refractivity contribution >= 4 is 10.1 Å². The summed E-state index contributed by atoms with van der Waals surface area (Å²) in [5.74, 6) is 0. The molecule has 0 aliphatic carbocycles. The average Bonchev–Trinajstić information content (AvgIpc) is 2.65. The molecule has 0 heterocycles. The maximum atomic E-state index is 11.5. The maximum absolute atomic E-state index is 11.5. The van der Waals surface area contributed by atoms with Crippen LogP contribution in [0.25, 0.3) is 0 Å². The van der Waals surface area contributed by atoms with E-state index < -0.39 is 15.4 Å². The Morgan fingerprint density at radius 3 is 1.23 bits per heavy atom. The molecule has 0 spiro atoms. The van der Waals surface area contributed by atoms with Crippen LogP contribution in [0.2, 0.25) is 0 Å². The van der Waals surface area contributed by atoms with Crippen molar-refractivity contribution in [3.8, 4) is 0 Å². The van der Waals surface area contributed by atoms with Crippen molar-refractivity contribution in [3.05, 3.63) is 0 Å². The number of unbranched alkanes of at least 4 members (excludes halogenated alkanes) is 15. The third-order valence-electron chi connectivity index (χ3n) is 5.94. The number of hydrogen-bond donors (Lipinski definition) is 1. The predicted molar refractivity (Wildman–Crippen MR) is 123 cm³/mol. The van der Waals surface area contributed by atoms with Crippen molar-refractivity contribution in [3.63, 3.8) is 0 Å². The SMILES string of the molecule is CCCCCCCCC(CCCCCCCCCCCCCC(C)O)S(=O)(=O)[O-].[K+]. The van der Waals surface area contributed by atoms with Gasteiger partial charge in [0.1, 0.15) is 0 Å². The van der Waals surface area contributed by atoms with Gasteiger partial charge >= 0.3 is 51.4 Å². The molecule has 2 atom stereocenters. The largest absolute Gasteiger partial charge is 1.00 e. The summed E-state index contributed by atoms with van der Waals surface area (Å²) < 4.78 is 34.5. The third kappa shape index (κ3) is 24.2. The summed E-state index contributed by atoms with van der Waals surface area (Å²) in [5, 5.41) is 8.55. The summed E-state index contributed by atoms with van der Waals surface area (Å²) in [6, 6.07) is 0. The topological polar surface area (TPSA) is 77.4 Å². The van der Waals surface area contributed by atoms with Crippen LogP contribution >= 0.6 is 0 Å². The molecule has 0 fully saturated rings. The van der Waals surface area contributed by atoms with E-state index in [1.165, 1.54) is 64.2 Å². The average molecular weight is 473 g/mol. The minimum Gasteiger partial charge on any atom is -0.748 e. The smallest absolute Gasteiger partial charge is 0.748 e. The van der Waals surface area contributed by atoms with Gasteiger partial charge in [0.15, 0.2) is 0 Å². The van der Waals surface area contributed by atoms with Crippen molar-refractivity contribution in [2.45, 2.75) is 154 Å². The molecule has 0 radical (unpaired) electrons. The molecular weight excluding hydrogens is 423 g/mol. The molecule has 4 nitrogen and oxygen atoms in total. The van der Waals surface area contributed by atoms with Gasteiger partial charge < -0.3 is 9.66 Å². The van der Waals surface area contributed by atoms with E-state index in [1.54, 1.807) is 0 Å². The second-order valence-electron chi connectivity index (χ2n) is 8.99. The Bertz CT molecular complexity index is 440. The number of aliphatic hydroxyl groups excluding tert-OH is 1. The first-order valence-corrected chi connectivity index (χ1v) is 14.0. The molecule has 0 aliphatic heterocycles. The van der Waals surface area contributed by atoms with E-state index in [4.69, 9.17) is 0 Å². The van der Waals surface area contributed by atoms with Crippen LogP contribution in [0.1, 0.15) is 142 Å². The maximum Gasteiger partial charge on any atom is 1.00 e. The molecule has 1 N–H and O–H groups in total. The molecule has 6 heteroatoms. The van der Waals surface area contributed by atoms with Crippen molar-refractivity contribution in [2.75, 3.05) is 0 Å². The van der Waals surface area contributed by atoms with Crippen molar-refractivity contribution in [1.29, 1.82) is 0 Å². The predicted octanol–water partition coefficient (Wildman–Crippen LogP) is 4.11. The molecule has 176 valence electrons. The van der Waals surface area contributed by atoms with Gasteiger partial charge in [0.05, 0.1) is 16.2 Å². The number of rotatable bonds is 22. The fraction of sp³-hybridized carbons (Fsp3) is 1.00. The summed E-state index contributed by atoms with van der Waals surface area (Å²) in [7, 11) is -4.15. The molecular formula is C24H49KO4S. The third-order valence-corrected chi connectivity index (χ3v) is 7.22. The molecule has 0 rings (SSSR count). The normalized spacial score (nSPS) is 13.7.